The maximum atomic E-state index is 12.1. The van der Waals surface area contributed by atoms with Gasteiger partial charge in [0.05, 0.1) is 0 Å². The van der Waals surface area contributed by atoms with Crippen molar-refractivity contribution in [1.82, 2.24) is 15.3 Å². The molecule has 1 heterocycles. The lowest BCUT2D eigenvalue weighted by Gasteiger charge is -2.09. The SMILES string of the molecule is CCCCNC(=O)c1cc(C)nc(NCc2ccc(Cl)cc2)n1. The highest BCUT2D eigenvalue weighted by molar-refractivity contribution is 6.30. The fourth-order valence-electron chi connectivity index (χ4n) is 2.02. The van der Waals surface area contributed by atoms with Crippen LogP contribution in [0.25, 0.3) is 0 Å². The van der Waals surface area contributed by atoms with Crippen molar-refractivity contribution >= 4 is 23.5 Å². The van der Waals surface area contributed by atoms with Crippen LogP contribution in [-0.2, 0) is 6.54 Å². The third-order valence-electron chi connectivity index (χ3n) is 3.27. The average molecular weight is 333 g/mol. The summed E-state index contributed by atoms with van der Waals surface area (Å²) in [4.78, 5) is 20.7. The van der Waals surface area contributed by atoms with Crippen LogP contribution in [0.4, 0.5) is 5.95 Å². The molecule has 2 rings (SSSR count). The molecule has 0 saturated carbocycles. The van der Waals surface area contributed by atoms with E-state index in [1.54, 1.807) is 6.07 Å². The van der Waals surface area contributed by atoms with Crippen molar-refractivity contribution in [3.8, 4) is 0 Å². The van der Waals surface area contributed by atoms with Gasteiger partial charge in [-0.2, -0.15) is 0 Å². The Morgan fingerprint density at radius 3 is 2.65 bits per heavy atom. The van der Waals surface area contributed by atoms with Crippen LogP contribution in [0.5, 0.6) is 0 Å². The first-order valence-corrected chi connectivity index (χ1v) is 8.08. The number of carbonyl (C=O) groups excluding carboxylic acids is 1. The fraction of sp³-hybridized carbons (Fsp3) is 0.353. The van der Waals surface area contributed by atoms with Crippen molar-refractivity contribution in [1.29, 1.82) is 0 Å². The molecule has 1 aromatic carbocycles. The number of nitrogens with one attached hydrogen (secondary N) is 2. The largest absolute Gasteiger partial charge is 0.351 e. The molecule has 0 spiro atoms. The molecule has 1 amide bonds. The lowest BCUT2D eigenvalue weighted by Crippen LogP contribution is -2.26. The number of rotatable bonds is 7. The van der Waals surface area contributed by atoms with E-state index < -0.39 is 0 Å². The molecule has 1 aromatic heterocycles. The Hall–Kier alpha value is -2.14. The topological polar surface area (TPSA) is 66.9 Å². The van der Waals surface area contributed by atoms with Gasteiger partial charge in [-0.05, 0) is 37.1 Å². The minimum Gasteiger partial charge on any atom is -0.351 e. The summed E-state index contributed by atoms with van der Waals surface area (Å²) < 4.78 is 0. The first kappa shape index (κ1) is 17.2. The fourth-order valence-corrected chi connectivity index (χ4v) is 2.14. The molecular weight excluding hydrogens is 312 g/mol. The van der Waals surface area contributed by atoms with Crippen molar-refractivity contribution in [2.24, 2.45) is 0 Å². The summed E-state index contributed by atoms with van der Waals surface area (Å²) in [7, 11) is 0. The number of anilines is 1. The van der Waals surface area contributed by atoms with Crippen molar-refractivity contribution in [3.05, 3.63) is 52.3 Å². The number of aryl methyl sites for hydroxylation is 1. The number of hydrogen-bond acceptors (Lipinski definition) is 4. The predicted octanol–water partition coefficient (Wildman–Crippen LogP) is 3.58. The van der Waals surface area contributed by atoms with Gasteiger partial charge in [0.1, 0.15) is 5.69 Å². The molecular formula is C17H21ClN4O. The van der Waals surface area contributed by atoms with Gasteiger partial charge in [-0.3, -0.25) is 4.79 Å². The number of aromatic nitrogens is 2. The lowest BCUT2D eigenvalue weighted by atomic mass is 10.2. The minimum atomic E-state index is -0.168. The highest BCUT2D eigenvalue weighted by atomic mass is 35.5. The molecule has 122 valence electrons. The summed E-state index contributed by atoms with van der Waals surface area (Å²) in [5, 5.41) is 6.70. The molecule has 2 aromatic rings. The second-order valence-electron chi connectivity index (χ2n) is 5.31. The van der Waals surface area contributed by atoms with Crippen LogP contribution >= 0.6 is 11.6 Å². The van der Waals surface area contributed by atoms with Crippen LogP contribution in [0.3, 0.4) is 0 Å². The van der Waals surface area contributed by atoms with Gasteiger partial charge in [0, 0.05) is 23.8 Å². The van der Waals surface area contributed by atoms with E-state index in [1.807, 2.05) is 31.2 Å². The lowest BCUT2D eigenvalue weighted by molar-refractivity contribution is 0.0948. The van der Waals surface area contributed by atoms with Gasteiger partial charge in [-0.25, -0.2) is 9.97 Å². The van der Waals surface area contributed by atoms with Crippen LogP contribution in [0.1, 0.15) is 41.5 Å². The first-order chi connectivity index (χ1) is 11.1. The van der Waals surface area contributed by atoms with E-state index in [0.717, 1.165) is 24.1 Å². The number of nitrogens with zero attached hydrogens (tertiary/aromatic N) is 2. The van der Waals surface area contributed by atoms with Gasteiger partial charge in [0.2, 0.25) is 5.95 Å². The third kappa shape index (κ3) is 5.53. The van der Waals surface area contributed by atoms with Crippen LogP contribution in [0.15, 0.2) is 30.3 Å². The maximum absolute atomic E-state index is 12.1. The molecule has 0 bridgehead atoms. The molecule has 0 fully saturated rings. The molecule has 6 heteroatoms. The second-order valence-corrected chi connectivity index (χ2v) is 5.74. The van der Waals surface area contributed by atoms with Gasteiger partial charge < -0.3 is 10.6 Å². The second kappa shape index (κ2) is 8.48. The number of amides is 1. The first-order valence-electron chi connectivity index (χ1n) is 7.70. The Morgan fingerprint density at radius 1 is 1.22 bits per heavy atom. The summed E-state index contributed by atoms with van der Waals surface area (Å²) in [6, 6.07) is 9.23. The van der Waals surface area contributed by atoms with Crippen molar-refractivity contribution in [3.63, 3.8) is 0 Å². The zero-order valence-electron chi connectivity index (χ0n) is 13.4. The number of carbonyl (C=O) groups is 1. The Balaban J connectivity index is 2.01. The molecule has 5 nitrogen and oxygen atoms in total. The van der Waals surface area contributed by atoms with Crippen LogP contribution in [-0.4, -0.2) is 22.4 Å². The average Bonchev–Trinajstić information content (AvgIpc) is 2.54. The number of benzene rings is 1. The van der Waals surface area contributed by atoms with Crippen molar-refractivity contribution < 1.29 is 4.79 Å². The summed E-state index contributed by atoms with van der Waals surface area (Å²) in [5.41, 5.74) is 2.19. The van der Waals surface area contributed by atoms with Gasteiger partial charge in [-0.1, -0.05) is 37.1 Å². The Bertz CT molecular complexity index is 658. The van der Waals surface area contributed by atoms with Crippen LogP contribution in [0.2, 0.25) is 5.02 Å². The van der Waals surface area contributed by atoms with Gasteiger partial charge in [0.15, 0.2) is 0 Å². The zero-order chi connectivity index (χ0) is 16.7. The minimum absolute atomic E-state index is 0.168. The molecule has 0 aliphatic heterocycles. The highest BCUT2D eigenvalue weighted by Gasteiger charge is 2.10. The molecule has 0 atom stereocenters. The molecule has 0 radical (unpaired) electrons. The molecule has 2 N–H and O–H groups in total. The molecule has 0 saturated heterocycles. The summed E-state index contributed by atoms with van der Waals surface area (Å²) in [6.45, 7) is 5.15. The van der Waals surface area contributed by atoms with E-state index in [9.17, 15) is 4.79 Å². The smallest absolute Gasteiger partial charge is 0.270 e. The normalized spacial score (nSPS) is 10.4. The summed E-state index contributed by atoms with van der Waals surface area (Å²) in [5.74, 6) is 0.277. The van der Waals surface area contributed by atoms with E-state index in [4.69, 9.17) is 11.6 Å². The van der Waals surface area contributed by atoms with E-state index in [2.05, 4.69) is 27.5 Å². The van der Waals surface area contributed by atoms with Crippen LogP contribution in [0, 0.1) is 6.92 Å². The van der Waals surface area contributed by atoms with Crippen molar-refractivity contribution in [2.45, 2.75) is 33.2 Å². The predicted molar refractivity (Wildman–Crippen MR) is 92.8 cm³/mol. The van der Waals surface area contributed by atoms with E-state index in [1.165, 1.54) is 0 Å². The molecule has 0 aliphatic carbocycles. The number of unbranched alkanes of at least 4 members (excludes halogenated alkanes) is 1. The monoisotopic (exact) mass is 332 g/mol. The Kier molecular flexibility index (Phi) is 6.35. The summed E-state index contributed by atoms with van der Waals surface area (Å²) in [6.07, 6.45) is 1.99. The standard InChI is InChI=1S/C17H21ClN4O/c1-3-4-9-19-16(23)15-10-12(2)21-17(22-15)20-11-13-5-7-14(18)8-6-13/h5-8,10H,3-4,9,11H2,1-2H3,(H,19,23)(H,20,21,22). The quantitative estimate of drug-likeness (QED) is 0.760. The zero-order valence-corrected chi connectivity index (χ0v) is 14.2. The molecule has 23 heavy (non-hydrogen) atoms. The van der Waals surface area contributed by atoms with Crippen LogP contribution < -0.4 is 10.6 Å². The molecule has 0 aliphatic rings. The van der Waals surface area contributed by atoms with Gasteiger partial charge in [-0.15, -0.1) is 0 Å². The molecule has 0 unspecified atom stereocenters. The van der Waals surface area contributed by atoms with Gasteiger partial charge in [0.25, 0.3) is 5.91 Å². The summed E-state index contributed by atoms with van der Waals surface area (Å²) >= 11 is 5.87. The maximum Gasteiger partial charge on any atom is 0.270 e. The van der Waals surface area contributed by atoms with E-state index in [-0.39, 0.29) is 5.91 Å². The van der Waals surface area contributed by atoms with Gasteiger partial charge >= 0.3 is 0 Å². The Labute approximate surface area is 141 Å². The third-order valence-corrected chi connectivity index (χ3v) is 3.52. The Morgan fingerprint density at radius 2 is 1.96 bits per heavy atom. The van der Waals surface area contributed by atoms with E-state index >= 15 is 0 Å². The highest BCUT2D eigenvalue weighted by Crippen LogP contribution is 2.11. The van der Waals surface area contributed by atoms with E-state index in [0.29, 0.717) is 29.8 Å². The number of halogens is 1. The number of hydrogen-bond donors (Lipinski definition) is 2. The van der Waals surface area contributed by atoms with Crippen molar-refractivity contribution in [2.75, 3.05) is 11.9 Å².